The van der Waals surface area contributed by atoms with Gasteiger partial charge in [-0.25, -0.2) is 0 Å². The molecule has 3 nitrogen and oxygen atoms in total. The number of methoxy groups -OCH3 is 1. The van der Waals surface area contributed by atoms with Crippen molar-refractivity contribution in [2.75, 3.05) is 27.7 Å². The molecule has 108 valence electrons. The number of hydrogen-bond donors (Lipinski definition) is 0. The molecule has 0 amide bonds. The fourth-order valence-corrected chi connectivity index (χ4v) is 2.79. The summed E-state index contributed by atoms with van der Waals surface area (Å²) >= 11 is 0. The lowest BCUT2D eigenvalue weighted by atomic mass is 9.83. The number of carbonyl (C=O) groups is 1. The van der Waals surface area contributed by atoms with Crippen LogP contribution in [0.5, 0.6) is 5.75 Å². The minimum Gasteiger partial charge on any atom is -0.496 e. The molecule has 0 aliphatic heterocycles. The maximum Gasteiger partial charge on any atom is 0.163 e. The van der Waals surface area contributed by atoms with Gasteiger partial charge in [0.2, 0.25) is 0 Å². The monoisotopic (exact) mass is 273 g/mol. The largest absolute Gasteiger partial charge is 0.496 e. The van der Waals surface area contributed by atoms with E-state index in [0.29, 0.717) is 5.78 Å². The third kappa shape index (κ3) is 3.48. The molecule has 1 fully saturated rings. The molecule has 1 saturated carbocycles. The Morgan fingerprint density at radius 2 is 2.10 bits per heavy atom. The summed E-state index contributed by atoms with van der Waals surface area (Å²) in [6, 6.07) is 7.84. The van der Waals surface area contributed by atoms with E-state index in [1.165, 1.54) is 0 Å². The molecule has 1 atom stereocenters. The van der Waals surface area contributed by atoms with Gasteiger partial charge in [-0.05, 0) is 51.1 Å². The molecule has 0 radical (unpaired) electrons. The highest BCUT2D eigenvalue weighted by Gasteiger charge is 2.26. The average Bonchev–Trinajstić information content (AvgIpc) is 2.43. The molecule has 1 aromatic carbocycles. The molecule has 0 aromatic heterocycles. The number of ketones is 1. The van der Waals surface area contributed by atoms with Crippen molar-refractivity contribution in [3.8, 4) is 5.75 Å². The van der Waals surface area contributed by atoms with Gasteiger partial charge in [-0.3, -0.25) is 4.79 Å². The molecule has 1 unspecified atom stereocenters. The Morgan fingerprint density at radius 1 is 1.35 bits per heavy atom. The summed E-state index contributed by atoms with van der Waals surface area (Å²) in [5, 5.41) is 0. The second-order valence-electron chi connectivity index (χ2n) is 5.63. The molecule has 1 aliphatic carbocycles. The number of allylic oxidation sites excluding steroid dienone is 1. The van der Waals surface area contributed by atoms with Gasteiger partial charge in [-0.2, -0.15) is 0 Å². The number of carbonyl (C=O) groups excluding carboxylic acids is 1. The first kappa shape index (κ1) is 14.8. The number of ether oxygens (including phenoxy) is 1. The van der Waals surface area contributed by atoms with Gasteiger partial charge >= 0.3 is 0 Å². The van der Waals surface area contributed by atoms with Gasteiger partial charge in [0.25, 0.3) is 0 Å². The number of nitrogens with zero attached hydrogens (tertiary/aromatic N) is 1. The van der Waals surface area contributed by atoms with Crippen LogP contribution >= 0.6 is 0 Å². The molecule has 2 rings (SSSR count). The van der Waals surface area contributed by atoms with Gasteiger partial charge in [-0.15, -0.1) is 0 Å². The fourth-order valence-electron chi connectivity index (χ4n) is 2.79. The van der Waals surface area contributed by atoms with Crippen molar-refractivity contribution in [2.45, 2.75) is 19.3 Å². The van der Waals surface area contributed by atoms with Crippen LogP contribution in [0, 0.1) is 5.92 Å². The maximum atomic E-state index is 12.5. The first-order valence-corrected chi connectivity index (χ1v) is 7.14. The van der Waals surface area contributed by atoms with Crippen molar-refractivity contribution in [3.63, 3.8) is 0 Å². The zero-order valence-electron chi connectivity index (χ0n) is 12.6. The average molecular weight is 273 g/mol. The summed E-state index contributed by atoms with van der Waals surface area (Å²) in [4.78, 5) is 14.6. The lowest BCUT2D eigenvalue weighted by Gasteiger charge is -2.25. The number of para-hydroxylation sites is 1. The highest BCUT2D eigenvalue weighted by molar-refractivity contribution is 6.02. The minimum absolute atomic E-state index is 0.139. The normalized spacial score (nSPS) is 21.5. The SMILES string of the molecule is COc1ccccc1C=C1CCCC(CN(C)C)C1=O. The van der Waals surface area contributed by atoms with Crippen LogP contribution in [0.2, 0.25) is 0 Å². The lowest BCUT2D eigenvalue weighted by molar-refractivity contribution is -0.120. The molecule has 0 bridgehead atoms. The molecule has 1 aromatic rings. The van der Waals surface area contributed by atoms with Crippen LogP contribution in [-0.2, 0) is 4.79 Å². The lowest BCUT2D eigenvalue weighted by Crippen LogP contribution is -2.31. The molecule has 0 spiro atoms. The third-order valence-corrected chi connectivity index (χ3v) is 3.74. The predicted molar refractivity (Wildman–Crippen MR) is 81.9 cm³/mol. The van der Waals surface area contributed by atoms with Crippen LogP contribution in [-0.4, -0.2) is 38.4 Å². The molecule has 20 heavy (non-hydrogen) atoms. The molecular weight excluding hydrogens is 250 g/mol. The zero-order valence-corrected chi connectivity index (χ0v) is 12.6. The maximum absolute atomic E-state index is 12.5. The van der Waals surface area contributed by atoms with Gasteiger partial charge < -0.3 is 9.64 Å². The number of rotatable bonds is 4. The zero-order chi connectivity index (χ0) is 14.5. The Kier molecular flexibility index (Phi) is 4.96. The Bertz CT molecular complexity index is 505. The van der Waals surface area contributed by atoms with Crippen molar-refractivity contribution < 1.29 is 9.53 Å². The first-order valence-electron chi connectivity index (χ1n) is 7.14. The Hall–Kier alpha value is -1.61. The van der Waals surface area contributed by atoms with Gasteiger partial charge in [0.05, 0.1) is 7.11 Å². The number of Topliss-reactive ketones (excluding diaryl/α,β-unsaturated/α-hetero) is 1. The molecule has 3 heteroatoms. The standard InChI is InChI=1S/C17H23NO2/c1-18(2)12-15-9-6-8-14(17(15)19)11-13-7-4-5-10-16(13)20-3/h4-5,7,10-11,15H,6,8-9,12H2,1-3H3. The van der Waals surface area contributed by atoms with E-state index in [9.17, 15) is 4.79 Å². The summed E-state index contributed by atoms with van der Waals surface area (Å²) in [5.41, 5.74) is 1.93. The van der Waals surface area contributed by atoms with Gasteiger partial charge in [0, 0.05) is 18.0 Å². The molecule has 0 saturated heterocycles. The van der Waals surface area contributed by atoms with Crippen molar-refractivity contribution in [1.82, 2.24) is 4.90 Å². The van der Waals surface area contributed by atoms with E-state index in [1.807, 2.05) is 44.4 Å². The Balaban J connectivity index is 2.22. The molecule has 0 heterocycles. The number of hydrogen-bond acceptors (Lipinski definition) is 3. The second-order valence-corrected chi connectivity index (χ2v) is 5.63. The van der Waals surface area contributed by atoms with E-state index >= 15 is 0 Å². The van der Waals surface area contributed by atoms with Crippen LogP contribution in [0.4, 0.5) is 0 Å². The highest BCUT2D eigenvalue weighted by atomic mass is 16.5. The van der Waals surface area contributed by atoms with E-state index in [4.69, 9.17) is 4.74 Å². The van der Waals surface area contributed by atoms with Gasteiger partial charge in [-0.1, -0.05) is 18.2 Å². The fraction of sp³-hybridized carbons (Fsp3) is 0.471. The van der Waals surface area contributed by atoms with Crippen molar-refractivity contribution >= 4 is 11.9 Å². The van der Waals surface area contributed by atoms with Gasteiger partial charge in [0.15, 0.2) is 5.78 Å². The first-order chi connectivity index (χ1) is 9.61. The predicted octanol–water partition coefficient (Wildman–Crippen LogP) is 3.01. The molecule has 0 N–H and O–H groups in total. The van der Waals surface area contributed by atoms with Crippen molar-refractivity contribution in [1.29, 1.82) is 0 Å². The molecular formula is C17H23NO2. The van der Waals surface area contributed by atoms with E-state index < -0.39 is 0 Å². The van der Waals surface area contributed by atoms with Crippen LogP contribution in [0.25, 0.3) is 6.08 Å². The third-order valence-electron chi connectivity index (χ3n) is 3.74. The topological polar surface area (TPSA) is 29.5 Å². The summed E-state index contributed by atoms with van der Waals surface area (Å²) in [6.45, 7) is 0.835. The van der Waals surface area contributed by atoms with E-state index in [-0.39, 0.29) is 5.92 Å². The van der Waals surface area contributed by atoms with E-state index in [1.54, 1.807) is 7.11 Å². The molecule has 1 aliphatic rings. The summed E-state index contributed by atoms with van der Waals surface area (Å²) in [6.07, 6.45) is 4.97. The van der Waals surface area contributed by atoms with Crippen molar-refractivity contribution in [3.05, 3.63) is 35.4 Å². The van der Waals surface area contributed by atoms with Crippen LogP contribution in [0.1, 0.15) is 24.8 Å². The van der Waals surface area contributed by atoms with E-state index in [2.05, 4.69) is 4.90 Å². The van der Waals surface area contributed by atoms with Crippen LogP contribution in [0.3, 0.4) is 0 Å². The quantitative estimate of drug-likeness (QED) is 0.790. The number of benzene rings is 1. The van der Waals surface area contributed by atoms with Crippen LogP contribution < -0.4 is 4.74 Å². The van der Waals surface area contributed by atoms with Crippen LogP contribution in [0.15, 0.2) is 29.8 Å². The van der Waals surface area contributed by atoms with Gasteiger partial charge in [0.1, 0.15) is 5.75 Å². The Morgan fingerprint density at radius 3 is 2.80 bits per heavy atom. The summed E-state index contributed by atoms with van der Waals surface area (Å²) < 4.78 is 5.35. The minimum atomic E-state index is 0.139. The van der Waals surface area contributed by atoms with E-state index in [0.717, 1.165) is 42.7 Å². The second kappa shape index (κ2) is 6.71. The smallest absolute Gasteiger partial charge is 0.163 e. The van der Waals surface area contributed by atoms with Crippen molar-refractivity contribution in [2.24, 2.45) is 5.92 Å². The Labute approximate surface area is 121 Å². The highest BCUT2D eigenvalue weighted by Crippen LogP contribution is 2.29. The summed E-state index contributed by atoms with van der Waals surface area (Å²) in [7, 11) is 5.70. The summed E-state index contributed by atoms with van der Waals surface area (Å²) in [5.74, 6) is 1.26.